The van der Waals surface area contributed by atoms with E-state index in [4.69, 9.17) is 0 Å². The fourth-order valence-electron chi connectivity index (χ4n) is 2.22. The third kappa shape index (κ3) is 2.29. The van der Waals surface area contributed by atoms with Crippen LogP contribution in [0.5, 0.6) is 0 Å². The van der Waals surface area contributed by atoms with E-state index in [1.807, 2.05) is 36.4 Å². The molecule has 3 aromatic heterocycles. The molecule has 0 aliphatic carbocycles. The van der Waals surface area contributed by atoms with E-state index in [1.54, 1.807) is 10.6 Å². The maximum absolute atomic E-state index is 12.6. The van der Waals surface area contributed by atoms with Crippen LogP contribution in [0.15, 0.2) is 50.3 Å². The number of pyridine rings is 1. The van der Waals surface area contributed by atoms with E-state index in [0.29, 0.717) is 20.7 Å². The number of hydrogen-bond donors (Lipinski definition) is 0. The SMILES string of the molecule is O=c1c(=Cc2ccc(Br)cc2)sc2nc3cc(Br)cnc3n12. The molecule has 0 N–H and O–H groups in total. The lowest BCUT2D eigenvalue weighted by atomic mass is 10.2. The summed E-state index contributed by atoms with van der Waals surface area (Å²) in [6, 6.07) is 9.67. The molecular formula is C15H7Br2N3OS. The predicted octanol–water partition coefficient (Wildman–Crippen LogP) is 3.38. The minimum atomic E-state index is -0.0831. The molecule has 0 bridgehead atoms. The minimum absolute atomic E-state index is 0.0831. The van der Waals surface area contributed by atoms with E-state index in [0.717, 1.165) is 14.5 Å². The van der Waals surface area contributed by atoms with E-state index in [-0.39, 0.29) is 5.56 Å². The van der Waals surface area contributed by atoms with Crippen molar-refractivity contribution in [2.24, 2.45) is 0 Å². The molecule has 4 rings (SSSR count). The molecule has 0 aliphatic rings. The van der Waals surface area contributed by atoms with E-state index in [1.165, 1.54) is 11.3 Å². The van der Waals surface area contributed by atoms with Crippen LogP contribution in [0.25, 0.3) is 22.2 Å². The molecule has 0 atom stereocenters. The summed E-state index contributed by atoms with van der Waals surface area (Å²) in [5.41, 5.74) is 2.20. The maximum atomic E-state index is 12.6. The van der Waals surface area contributed by atoms with Crippen molar-refractivity contribution in [3.8, 4) is 0 Å². The molecule has 0 unspecified atom stereocenters. The van der Waals surface area contributed by atoms with Gasteiger partial charge in [0, 0.05) is 15.1 Å². The molecule has 0 fully saturated rings. The number of benzene rings is 1. The van der Waals surface area contributed by atoms with Crippen molar-refractivity contribution >= 4 is 65.4 Å². The predicted molar refractivity (Wildman–Crippen MR) is 95.3 cm³/mol. The average Bonchev–Trinajstić information content (AvgIpc) is 2.98. The van der Waals surface area contributed by atoms with Crippen molar-refractivity contribution < 1.29 is 0 Å². The summed E-state index contributed by atoms with van der Waals surface area (Å²) in [6.07, 6.45) is 3.55. The van der Waals surface area contributed by atoms with Crippen molar-refractivity contribution in [2.75, 3.05) is 0 Å². The second-order valence-electron chi connectivity index (χ2n) is 4.69. The molecule has 22 heavy (non-hydrogen) atoms. The fraction of sp³-hybridized carbons (Fsp3) is 0. The minimum Gasteiger partial charge on any atom is -0.267 e. The molecule has 0 saturated heterocycles. The topological polar surface area (TPSA) is 47.3 Å². The third-order valence-electron chi connectivity index (χ3n) is 3.22. The fourth-order valence-corrected chi connectivity index (χ4v) is 3.78. The van der Waals surface area contributed by atoms with Crippen LogP contribution in [0.4, 0.5) is 0 Å². The van der Waals surface area contributed by atoms with Crippen LogP contribution in [-0.4, -0.2) is 14.4 Å². The van der Waals surface area contributed by atoms with Gasteiger partial charge in [0.05, 0.1) is 4.53 Å². The summed E-state index contributed by atoms with van der Waals surface area (Å²) < 4.78 is 4.07. The Morgan fingerprint density at radius 1 is 1.14 bits per heavy atom. The zero-order chi connectivity index (χ0) is 15.3. The number of nitrogens with zero attached hydrogens (tertiary/aromatic N) is 3. The van der Waals surface area contributed by atoms with Crippen molar-refractivity contribution in [1.82, 2.24) is 14.4 Å². The summed E-state index contributed by atoms with van der Waals surface area (Å²) >= 11 is 8.14. The van der Waals surface area contributed by atoms with Crippen molar-refractivity contribution in [1.29, 1.82) is 0 Å². The Kier molecular flexibility index (Phi) is 3.36. The van der Waals surface area contributed by atoms with Crippen molar-refractivity contribution in [3.05, 3.63) is 65.9 Å². The normalized spacial score (nSPS) is 12.5. The standard InChI is InChI=1S/C15H7Br2N3OS/c16-9-3-1-8(2-4-9)5-12-14(21)20-13-11(19-15(20)22-12)6-10(17)7-18-13/h1-7H. The van der Waals surface area contributed by atoms with Crippen molar-refractivity contribution in [3.63, 3.8) is 0 Å². The molecule has 3 heterocycles. The van der Waals surface area contributed by atoms with E-state index in [9.17, 15) is 4.79 Å². The highest BCUT2D eigenvalue weighted by atomic mass is 79.9. The lowest BCUT2D eigenvalue weighted by molar-refractivity contribution is 1.15. The van der Waals surface area contributed by atoms with Crippen LogP contribution in [0, 0.1) is 0 Å². The number of halogens is 2. The number of aromatic nitrogens is 3. The summed E-state index contributed by atoms with van der Waals surface area (Å²) in [5.74, 6) is 0. The zero-order valence-corrected chi connectivity index (χ0v) is 14.9. The molecular weight excluding hydrogens is 430 g/mol. The third-order valence-corrected chi connectivity index (χ3v) is 5.15. The Bertz CT molecular complexity index is 1120. The molecule has 4 nitrogen and oxygen atoms in total. The molecule has 0 radical (unpaired) electrons. The number of imidazole rings is 1. The van der Waals surface area contributed by atoms with Crippen LogP contribution >= 0.6 is 43.2 Å². The molecule has 0 aliphatic heterocycles. The second-order valence-corrected chi connectivity index (χ2v) is 7.53. The first-order valence-electron chi connectivity index (χ1n) is 6.35. The van der Waals surface area contributed by atoms with Gasteiger partial charge >= 0.3 is 0 Å². The lowest BCUT2D eigenvalue weighted by Gasteiger charge is -1.92. The van der Waals surface area contributed by atoms with Gasteiger partial charge in [-0.25, -0.2) is 14.4 Å². The van der Waals surface area contributed by atoms with E-state index in [2.05, 4.69) is 41.8 Å². The Morgan fingerprint density at radius 2 is 1.91 bits per heavy atom. The Labute approximate surface area is 145 Å². The maximum Gasteiger partial charge on any atom is 0.276 e. The van der Waals surface area contributed by atoms with Crippen molar-refractivity contribution in [2.45, 2.75) is 0 Å². The smallest absolute Gasteiger partial charge is 0.267 e. The highest BCUT2D eigenvalue weighted by molar-refractivity contribution is 9.10. The second kappa shape index (κ2) is 5.26. The number of rotatable bonds is 1. The van der Waals surface area contributed by atoms with Gasteiger partial charge in [0.1, 0.15) is 5.52 Å². The van der Waals surface area contributed by atoms with Gasteiger partial charge in [0.2, 0.25) is 0 Å². The Morgan fingerprint density at radius 3 is 2.68 bits per heavy atom. The van der Waals surface area contributed by atoms with E-state index >= 15 is 0 Å². The molecule has 108 valence electrons. The van der Waals surface area contributed by atoms with Gasteiger partial charge in [-0.3, -0.25) is 4.79 Å². The summed E-state index contributed by atoms with van der Waals surface area (Å²) in [4.78, 5) is 22.0. The monoisotopic (exact) mass is 435 g/mol. The zero-order valence-electron chi connectivity index (χ0n) is 11.0. The van der Waals surface area contributed by atoms with Gasteiger partial charge in [0.15, 0.2) is 10.6 Å². The summed E-state index contributed by atoms with van der Waals surface area (Å²) in [6.45, 7) is 0. The van der Waals surface area contributed by atoms with Crippen LogP contribution in [0.3, 0.4) is 0 Å². The highest BCUT2D eigenvalue weighted by Crippen LogP contribution is 2.18. The van der Waals surface area contributed by atoms with Gasteiger partial charge in [-0.15, -0.1) is 0 Å². The van der Waals surface area contributed by atoms with Crippen LogP contribution in [0.2, 0.25) is 0 Å². The van der Waals surface area contributed by atoms with Gasteiger partial charge < -0.3 is 0 Å². The largest absolute Gasteiger partial charge is 0.276 e. The number of thiazole rings is 1. The summed E-state index contributed by atoms with van der Waals surface area (Å²) in [5, 5.41) is 0. The molecule has 0 saturated carbocycles. The lowest BCUT2D eigenvalue weighted by Crippen LogP contribution is -2.22. The van der Waals surface area contributed by atoms with E-state index < -0.39 is 0 Å². The van der Waals surface area contributed by atoms with Gasteiger partial charge in [-0.1, -0.05) is 39.4 Å². The Hall–Kier alpha value is -1.57. The van der Waals surface area contributed by atoms with Gasteiger partial charge in [-0.2, -0.15) is 0 Å². The first-order chi connectivity index (χ1) is 10.6. The molecule has 4 aromatic rings. The number of fused-ring (bicyclic) bond motifs is 3. The Balaban J connectivity index is 1.98. The highest BCUT2D eigenvalue weighted by Gasteiger charge is 2.12. The summed E-state index contributed by atoms with van der Waals surface area (Å²) in [7, 11) is 0. The average molecular weight is 437 g/mol. The molecule has 0 amide bonds. The molecule has 7 heteroatoms. The quantitative estimate of drug-likeness (QED) is 0.459. The first kappa shape index (κ1) is 14.0. The first-order valence-corrected chi connectivity index (χ1v) is 8.76. The van der Waals surface area contributed by atoms with Gasteiger partial charge in [0.25, 0.3) is 5.56 Å². The van der Waals surface area contributed by atoms with Gasteiger partial charge in [-0.05, 0) is 45.8 Å². The molecule has 0 spiro atoms. The molecule has 1 aromatic carbocycles. The van der Waals surface area contributed by atoms with Crippen LogP contribution in [-0.2, 0) is 0 Å². The number of hydrogen-bond acceptors (Lipinski definition) is 4. The van der Waals surface area contributed by atoms with Crippen LogP contribution in [0.1, 0.15) is 5.56 Å². The van der Waals surface area contributed by atoms with Crippen LogP contribution < -0.4 is 10.1 Å².